The van der Waals surface area contributed by atoms with E-state index < -0.39 is 11.6 Å². The molecular formula is C13H15Cl2NO2. The summed E-state index contributed by atoms with van der Waals surface area (Å²) < 4.78 is 0. The van der Waals surface area contributed by atoms with Crippen molar-refractivity contribution in [1.29, 1.82) is 0 Å². The minimum Gasteiger partial charge on any atom is -0.386 e. The summed E-state index contributed by atoms with van der Waals surface area (Å²) in [7, 11) is 0. The molecule has 0 saturated heterocycles. The summed E-state index contributed by atoms with van der Waals surface area (Å²) in [6.45, 7) is 0. The van der Waals surface area contributed by atoms with Crippen LogP contribution in [0.3, 0.4) is 0 Å². The van der Waals surface area contributed by atoms with Crippen LogP contribution in [0.15, 0.2) is 23.4 Å². The zero-order chi connectivity index (χ0) is 13.2. The van der Waals surface area contributed by atoms with Gasteiger partial charge in [-0.05, 0) is 36.6 Å². The lowest BCUT2D eigenvalue weighted by Crippen LogP contribution is -2.36. The molecule has 1 aromatic rings. The molecule has 0 heterocycles. The molecule has 2 rings (SSSR count). The molecule has 0 bridgehead atoms. The van der Waals surface area contributed by atoms with Crippen molar-refractivity contribution in [3.8, 4) is 0 Å². The van der Waals surface area contributed by atoms with Crippen molar-refractivity contribution in [2.75, 3.05) is 0 Å². The van der Waals surface area contributed by atoms with Crippen molar-refractivity contribution >= 4 is 23.2 Å². The van der Waals surface area contributed by atoms with Gasteiger partial charge in [-0.25, -0.2) is 0 Å². The maximum atomic E-state index is 11.2. The van der Waals surface area contributed by atoms with Gasteiger partial charge in [-0.1, -0.05) is 47.6 Å². The molecule has 1 aliphatic carbocycles. The van der Waals surface area contributed by atoms with Gasteiger partial charge in [0, 0.05) is 10.0 Å². The first-order chi connectivity index (χ1) is 8.57. The lowest BCUT2D eigenvalue weighted by molar-refractivity contribution is 0.0592. The van der Waals surface area contributed by atoms with E-state index >= 15 is 0 Å². The van der Waals surface area contributed by atoms with E-state index in [0.717, 1.165) is 19.3 Å². The van der Waals surface area contributed by atoms with Crippen LogP contribution in [-0.4, -0.2) is 10.6 Å². The Labute approximate surface area is 116 Å². The first-order valence-electron chi connectivity index (χ1n) is 6.06. The highest BCUT2D eigenvalue weighted by Gasteiger charge is 2.41. The number of rotatable bonds is 3. The van der Waals surface area contributed by atoms with Crippen LogP contribution in [0.25, 0.3) is 0 Å². The van der Waals surface area contributed by atoms with Crippen LogP contribution in [0.5, 0.6) is 0 Å². The highest BCUT2D eigenvalue weighted by molar-refractivity contribution is 6.34. The Morgan fingerprint density at radius 2 is 1.67 bits per heavy atom. The number of aliphatic hydroxyl groups excluding tert-OH is 1. The molecule has 0 radical (unpaired) electrons. The smallest absolute Gasteiger partial charge is 0.132 e. The Morgan fingerprint density at radius 1 is 1.11 bits per heavy atom. The van der Waals surface area contributed by atoms with Crippen molar-refractivity contribution in [3.63, 3.8) is 0 Å². The molecule has 1 fully saturated rings. The monoisotopic (exact) mass is 287 g/mol. The van der Waals surface area contributed by atoms with E-state index in [1.165, 1.54) is 0 Å². The summed E-state index contributed by atoms with van der Waals surface area (Å²) in [5.74, 6) is 0. The molecule has 0 aromatic heterocycles. The summed E-state index contributed by atoms with van der Waals surface area (Å²) in [4.78, 5) is 11.2. The van der Waals surface area contributed by atoms with Gasteiger partial charge in [-0.2, -0.15) is 4.91 Å². The molecule has 1 atom stereocenters. The number of benzene rings is 1. The molecule has 98 valence electrons. The fraction of sp³-hybridized carbons (Fsp3) is 0.538. The number of hydrogen-bond acceptors (Lipinski definition) is 3. The number of nitrogens with zero attached hydrogens (tertiary/aromatic N) is 1. The summed E-state index contributed by atoms with van der Waals surface area (Å²) in [6, 6.07) is 4.88. The van der Waals surface area contributed by atoms with Gasteiger partial charge in [-0.3, -0.25) is 0 Å². The third-order valence-corrected chi connectivity index (χ3v) is 4.05. The largest absolute Gasteiger partial charge is 0.386 e. The first-order valence-corrected chi connectivity index (χ1v) is 6.81. The fourth-order valence-electron chi connectivity index (χ4n) is 2.62. The van der Waals surface area contributed by atoms with Gasteiger partial charge in [-0.15, -0.1) is 0 Å². The van der Waals surface area contributed by atoms with E-state index in [0.29, 0.717) is 28.5 Å². The standard InChI is InChI=1S/C13H15Cl2NO2/c14-10-6-9(7-11(15)8-10)12(17)13(16-18)4-2-1-3-5-13/h6-8,12,17H,1-5H2. The van der Waals surface area contributed by atoms with Gasteiger partial charge >= 0.3 is 0 Å². The molecule has 18 heavy (non-hydrogen) atoms. The normalized spacial score (nSPS) is 20.4. The maximum Gasteiger partial charge on any atom is 0.132 e. The highest BCUT2D eigenvalue weighted by atomic mass is 35.5. The number of halogens is 2. The predicted octanol–water partition coefficient (Wildman–Crippen LogP) is 4.50. The van der Waals surface area contributed by atoms with Gasteiger partial charge < -0.3 is 5.11 Å². The number of aliphatic hydroxyl groups is 1. The van der Waals surface area contributed by atoms with E-state index in [2.05, 4.69) is 5.18 Å². The second kappa shape index (κ2) is 5.55. The van der Waals surface area contributed by atoms with Crippen LogP contribution in [0.1, 0.15) is 43.8 Å². The lowest BCUT2D eigenvalue weighted by atomic mass is 9.76. The minimum atomic E-state index is -0.938. The van der Waals surface area contributed by atoms with Crippen LogP contribution in [0, 0.1) is 4.91 Å². The molecule has 1 aromatic carbocycles. The van der Waals surface area contributed by atoms with E-state index in [4.69, 9.17) is 23.2 Å². The molecule has 3 nitrogen and oxygen atoms in total. The van der Waals surface area contributed by atoms with Crippen molar-refractivity contribution in [2.24, 2.45) is 5.18 Å². The van der Waals surface area contributed by atoms with E-state index in [9.17, 15) is 10.0 Å². The van der Waals surface area contributed by atoms with Gasteiger partial charge in [0.15, 0.2) is 0 Å². The fourth-order valence-corrected chi connectivity index (χ4v) is 3.16. The quantitative estimate of drug-likeness (QED) is 0.833. The summed E-state index contributed by atoms with van der Waals surface area (Å²) in [5.41, 5.74) is -0.360. The minimum absolute atomic E-state index is 0.452. The van der Waals surface area contributed by atoms with Gasteiger partial charge in [0.25, 0.3) is 0 Å². The summed E-state index contributed by atoms with van der Waals surface area (Å²) in [5, 5.41) is 14.6. The Balaban J connectivity index is 2.33. The van der Waals surface area contributed by atoms with Gasteiger partial charge in [0.05, 0.1) is 0 Å². The number of nitroso groups, excluding NO2 is 1. The van der Waals surface area contributed by atoms with Crippen LogP contribution < -0.4 is 0 Å². The highest BCUT2D eigenvalue weighted by Crippen LogP contribution is 2.42. The molecular weight excluding hydrogens is 273 g/mol. The van der Waals surface area contributed by atoms with Crippen molar-refractivity contribution < 1.29 is 5.11 Å². The zero-order valence-corrected chi connectivity index (χ0v) is 11.4. The molecule has 0 aliphatic heterocycles. The second-order valence-electron chi connectivity index (χ2n) is 4.86. The van der Waals surface area contributed by atoms with Crippen molar-refractivity contribution in [2.45, 2.75) is 43.7 Å². The van der Waals surface area contributed by atoms with E-state index in [1.807, 2.05) is 0 Å². The summed E-state index contributed by atoms with van der Waals surface area (Å²) >= 11 is 11.8. The number of hydrogen-bond donors (Lipinski definition) is 1. The average molecular weight is 288 g/mol. The lowest BCUT2D eigenvalue weighted by Gasteiger charge is -2.34. The average Bonchev–Trinajstić information content (AvgIpc) is 2.37. The molecule has 1 N–H and O–H groups in total. The van der Waals surface area contributed by atoms with Crippen LogP contribution in [0.4, 0.5) is 0 Å². The Kier molecular flexibility index (Phi) is 4.25. The second-order valence-corrected chi connectivity index (χ2v) is 5.73. The van der Waals surface area contributed by atoms with Crippen molar-refractivity contribution in [3.05, 3.63) is 38.7 Å². The molecule has 1 saturated carbocycles. The Hall–Kier alpha value is -0.640. The molecule has 0 spiro atoms. The SMILES string of the molecule is O=NC1(C(O)c2cc(Cl)cc(Cl)c2)CCCCC1. The van der Waals surface area contributed by atoms with Crippen molar-refractivity contribution in [1.82, 2.24) is 0 Å². The van der Waals surface area contributed by atoms with Gasteiger partial charge in [0.2, 0.25) is 0 Å². The third kappa shape index (κ3) is 2.68. The molecule has 1 aliphatic rings. The van der Waals surface area contributed by atoms with Gasteiger partial charge in [0.1, 0.15) is 11.6 Å². The molecule has 0 amide bonds. The summed E-state index contributed by atoms with van der Waals surface area (Å²) in [6.07, 6.45) is 3.20. The van der Waals surface area contributed by atoms with Crippen LogP contribution in [-0.2, 0) is 0 Å². The Morgan fingerprint density at radius 3 is 2.17 bits per heavy atom. The first kappa shape index (κ1) is 13.8. The molecule has 1 unspecified atom stereocenters. The maximum absolute atomic E-state index is 11.2. The molecule has 5 heteroatoms. The topological polar surface area (TPSA) is 49.7 Å². The van der Waals surface area contributed by atoms with E-state index in [1.54, 1.807) is 18.2 Å². The van der Waals surface area contributed by atoms with Crippen LogP contribution in [0.2, 0.25) is 10.0 Å². The van der Waals surface area contributed by atoms with Crippen LogP contribution >= 0.6 is 23.2 Å². The zero-order valence-electron chi connectivity index (χ0n) is 9.90. The Bertz CT molecular complexity index is 424. The predicted molar refractivity (Wildman–Crippen MR) is 73.0 cm³/mol. The third-order valence-electron chi connectivity index (χ3n) is 3.61. The van der Waals surface area contributed by atoms with E-state index in [-0.39, 0.29) is 0 Å².